The van der Waals surface area contributed by atoms with E-state index in [-0.39, 0.29) is 11.4 Å². The first kappa shape index (κ1) is 13.7. The van der Waals surface area contributed by atoms with Crippen molar-refractivity contribution in [3.8, 4) is 11.5 Å². The quantitative estimate of drug-likeness (QED) is 0.514. The molecule has 0 atom stereocenters. The van der Waals surface area contributed by atoms with Crippen LogP contribution in [0.3, 0.4) is 0 Å². The molecule has 104 valence electrons. The maximum absolute atomic E-state index is 10.6. The van der Waals surface area contributed by atoms with E-state index in [1.165, 1.54) is 18.2 Å². The van der Waals surface area contributed by atoms with Crippen LogP contribution in [0.25, 0.3) is 0 Å². The van der Waals surface area contributed by atoms with Gasteiger partial charge in [-0.3, -0.25) is 10.1 Å². The number of nitro groups is 1. The SMILES string of the molecule is COc1ccc(COc2ccc([N+](=O)[O-])c(N)c2)cc1. The lowest BCUT2D eigenvalue weighted by Crippen LogP contribution is -1.99. The average molecular weight is 274 g/mol. The van der Waals surface area contributed by atoms with Crippen molar-refractivity contribution in [3.63, 3.8) is 0 Å². The number of ether oxygens (including phenoxy) is 2. The zero-order chi connectivity index (χ0) is 14.5. The van der Waals surface area contributed by atoms with E-state index in [1.807, 2.05) is 24.3 Å². The largest absolute Gasteiger partial charge is 0.497 e. The van der Waals surface area contributed by atoms with Gasteiger partial charge in [-0.05, 0) is 23.8 Å². The Morgan fingerprint density at radius 3 is 2.35 bits per heavy atom. The predicted octanol–water partition coefficient (Wildman–Crippen LogP) is 2.76. The van der Waals surface area contributed by atoms with Gasteiger partial charge in [0.15, 0.2) is 0 Å². The minimum atomic E-state index is -0.525. The van der Waals surface area contributed by atoms with Crippen molar-refractivity contribution in [2.45, 2.75) is 6.61 Å². The molecule has 0 unspecified atom stereocenters. The molecule has 2 N–H and O–H groups in total. The second-order valence-electron chi connectivity index (χ2n) is 4.11. The van der Waals surface area contributed by atoms with E-state index >= 15 is 0 Å². The van der Waals surface area contributed by atoms with Crippen LogP contribution in [0.15, 0.2) is 42.5 Å². The Kier molecular flexibility index (Phi) is 4.05. The third kappa shape index (κ3) is 3.17. The number of nitrogens with zero attached hydrogens (tertiary/aromatic N) is 1. The molecule has 2 rings (SSSR count). The molecule has 6 heteroatoms. The van der Waals surface area contributed by atoms with Gasteiger partial charge in [0.25, 0.3) is 5.69 Å². The topological polar surface area (TPSA) is 87.6 Å². The van der Waals surface area contributed by atoms with Crippen LogP contribution in [-0.2, 0) is 6.61 Å². The zero-order valence-electron chi connectivity index (χ0n) is 10.9. The lowest BCUT2D eigenvalue weighted by atomic mass is 10.2. The third-order valence-corrected chi connectivity index (χ3v) is 2.76. The summed E-state index contributed by atoms with van der Waals surface area (Å²) in [5.74, 6) is 1.26. The van der Waals surface area contributed by atoms with Gasteiger partial charge in [-0.25, -0.2) is 0 Å². The second-order valence-corrected chi connectivity index (χ2v) is 4.11. The van der Waals surface area contributed by atoms with Gasteiger partial charge in [0.05, 0.1) is 12.0 Å². The maximum Gasteiger partial charge on any atom is 0.292 e. The number of nitro benzene ring substituents is 1. The zero-order valence-corrected chi connectivity index (χ0v) is 10.9. The van der Waals surface area contributed by atoms with Crippen LogP contribution in [0.2, 0.25) is 0 Å². The molecule has 0 aliphatic carbocycles. The normalized spacial score (nSPS) is 10.1. The van der Waals surface area contributed by atoms with Gasteiger partial charge < -0.3 is 15.2 Å². The summed E-state index contributed by atoms with van der Waals surface area (Å²) >= 11 is 0. The van der Waals surface area contributed by atoms with Crippen molar-refractivity contribution in [2.24, 2.45) is 0 Å². The first-order valence-corrected chi connectivity index (χ1v) is 5.90. The summed E-state index contributed by atoms with van der Waals surface area (Å²) < 4.78 is 10.6. The Labute approximate surface area is 115 Å². The molecule has 0 bridgehead atoms. The van der Waals surface area contributed by atoms with E-state index in [2.05, 4.69) is 0 Å². The van der Waals surface area contributed by atoms with Crippen LogP contribution in [0, 0.1) is 10.1 Å². The molecule has 6 nitrogen and oxygen atoms in total. The van der Waals surface area contributed by atoms with Crippen molar-refractivity contribution < 1.29 is 14.4 Å². The van der Waals surface area contributed by atoms with Gasteiger partial charge in [0, 0.05) is 12.1 Å². The van der Waals surface area contributed by atoms with Crippen LogP contribution in [0.4, 0.5) is 11.4 Å². The lowest BCUT2D eigenvalue weighted by molar-refractivity contribution is -0.383. The number of anilines is 1. The van der Waals surface area contributed by atoms with Crippen molar-refractivity contribution in [2.75, 3.05) is 12.8 Å². The molecule has 0 heterocycles. The highest BCUT2D eigenvalue weighted by molar-refractivity contribution is 5.60. The molecular weight excluding hydrogens is 260 g/mol. The molecule has 20 heavy (non-hydrogen) atoms. The Hall–Kier alpha value is -2.76. The molecule has 0 amide bonds. The number of nitrogen functional groups attached to an aromatic ring is 1. The van der Waals surface area contributed by atoms with Gasteiger partial charge in [-0.15, -0.1) is 0 Å². The molecule has 0 radical (unpaired) electrons. The van der Waals surface area contributed by atoms with Crippen LogP contribution in [0.1, 0.15) is 5.56 Å². The third-order valence-electron chi connectivity index (χ3n) is 2.76. The van der Waals surface area contributed by atoms with E-state index in [1.54, 1.807) is 7.11 Å². The van der Waals surface area contributed by atoms with Crippen LogP contribution in [0.5, 0.6) is 11.5 Å². The molecule has 2 aromatic carbocycles. The van der Waals surface area contributed by atoms with Crippen molar-refractivity contribution in [3.05, 3.63) is 58.1 Å². The van der Waals surface area contributed by atoms with E-state index in [0.29, 0.717) is 12.4 Å². The van der Waals surface area contributed by atoms with Crippen molar-refractivity contribution in [1.29, 1.82) is 0 Å². The summed E-state index contributed by atoms with van der Waals surface area (Å²) in [6, 6.07) is 11.7. The summed E-state index contributed by atoms with van der Waals surface area (Å²) in [7, 11) is 1.60. The summed E-state index contributed by atoms with van der Waals surface area (Å²) in [5.41, 5.74) is 6.51. The average Bonchev–Trinajstić information content (AvgIpc) is 2.45. The minimum Gasteiger partial charge on any atom is -0.497 e. The predicted molar refractivity (Wildman–Crippen MR) is 74.8 cm³/mol. The summed E-state index contributed by atoms with van der Waals surface area (Å²) in [6.07, 6.45) is 0. The second kappa shape index (κ2) is 5.92. The molecule has 0 aromatic heterocycles. The Morgan fingerprint density at radius 2 is 1.80 bits per heavy atom. The highest BCUT2D eigenvalue weighted by atomic mass is 16.6. The van der Waals surface area contributed by atoms with E-state index in [0.717, 1.165) is 11.3 Å². The lowest BCUT2D eigenvalue weighted by Gasteiger charge is -2.08. The fourth-order valence-electron chi connectivity index (χ4n) is 1.68. The Morgan fingerprint density at radius 1 is 1.15 bits per heavy atom. The number of benzene rings is 2. The first-order valence-electron chi connectivity index (χ1n) is 5.90. The van der Waals surface area contributed by atoms with Crippen LogP contribution < -0.4 is 15.2 Å². The fraction of sp³-hybridized carbons (Fsp3) is 0.143. The number of rotatable bonds is 5. The van der Waals surface area contributed by atoms with Gasteiger partial charge in [0.2, 0.25) is 0 Å². The standard InChI is InChI=1S/C14H14N2O4/c1-19-11-4-2-10(3-5-11)9-20-12-6-7-14(16(17)18)13(15)8-12/h2-8H,9,15H2,1H3. The smallest absolute Gasteiger partial charge is 0.292 e. The molecule has 0 spiro atoms. The maximum atomic E-state index is 10.6. The van der Waals surface area contributed by atoms with Crippen LogP contribution in [-0.4, -0.2) is 12.0 Å². The van der Waals surface area contributed by atoms with E-state index in [4.69, 9.17) is 15.2 Å². The van der Waals surface area contributed by atoms with Gasteiger partial charge >= 0.3 is 0 Å². The number of methoxy groups -OCH3 is 1. The van der Waals surface area contributed by atoms with E-state index < -0.39 is 4.92 Å². The van der Waals surface area contributed by atoms with Gasteiger partial charge in [-0.2, -0.15) is 0 Å². The molecule has 0 aliphatic heterocycles. The molecule has 0 saturated heterocycles. The molecular formula is C14H14N2O4. The van der Waals surface area contributed by atoms with Crippen LogP contribution >= 0.6 is 0 Å². The minimum absolute atomic E-state index is 0.0854. The van der Waals surface area contributed by atoms with Crippen molar-refractivity contribution in [1.82, 2.24) is 0 Å². The van der Waals surface area contributed by atoms with Gasteiger partial charge in [-0.1, -0.05) is 12.1 Å². The molecule has 2 aromatic rings. The summed E-state index contributed by atoms with van der Waals surface area (Å²) in [4.78, 5) is 10.1. The molecule has 0 fully saturated rings. The molecule has 0 aliphatic rings. The summed E-state index contributed by atoms with van der Waals surface area (Å²) in [5, 5.41) is 10.6. The Balaban J connectivity index is 2.03. The highest BCUT2D eigenvalue weighted by Gasteiger charge is 2.11. The van der Waals surface area contributed by atoms with Crippen molar-refractivity contribution >= 4 is 11.4 Å². The number of hydrogen-bond acceptors (Lipinski definition) is 5. The van der Waals surface area contributed by atoms with E-state index in [9.17, 15) is 10.1 Å². The highest BCUT2D eigenvalue weighted by Crippen LogP contribution is 2.26. The number of hydrogen-bond donors (Lipinski definition) is 1. The monoisotopic (exact) mass is 274 g/mol. The first-order chi connectivity index (χ1) is 9.60. The fourth-order valence-corrected chi connectivity index (χ4v) is 1.68. The van der Waals surface area contributed by atoms with Gasteiger partial charge in [0.1, 0.15) is 23.8 Å². The number of nitrogens with two attached hydrogens (primary N) is 1. The summed E-state index contributed by atoms with van der Waals surface area (Å²) in [6.45, 7) is 0.348. The Bertz CT molecular complexity index is 611. The molecule has 0 saturated carbocycles.